The highest BCUT2D eigenvalue weighted by Gasteiger charge is 2.49. The molecular formula is C75H59ClF4N9O4S9+3. The average molecular weight is 1550 g/mol. The third-order valence-electron chi connectivity index (χ3n) is 18.8. The molecule has 0 spiro atoms. The van der Waals surface area contributed by atoms with Crippen LogP contribution in [0.2, 0.25) is 5.02 Å². The molecule has 5 aliphatic rings. The number of nitrogens with zero attached hydrogens (tertiary/aromatic N) is 9. The molecule has 9 heterocycles. The van der Waals surface area contributed by atoms with E-state index in [0.717, 1.165) is 83.7 Å². The molecule has 6 aromatic carbocycles. The Morgan fingerprint density at radius 3 is 1.74 bits per heavy atom. The zero-order chi connectivity index (χ0) is 70.0. The molecule has 4 unspecified atom stereocenters. The molecular weight excluding hydrogens is 1490 g/mol. The molecule has 514 valence electrons. The minimum absolute atomic E-state index is 0.0289. The molecule has 3 aliphatic heterocycles. The van der Waals surface area contributed by atoms with E-state index < -0.39 is 6.36 Å². The van der Waals surface area contributed by atoms with E-state index in [1.807, 2.05) is 95.7 Å². The summed E-state index contributed by atoms with van der Waals surface area (Å²) >= 11 is 20.1. The van der Waals surface area contributed by atoms with Gasteiger partial charge in [-0.05, 0) is 68.3 Å². The summed E-state index contributed by atoms with van der Waals surface area (Å²) in [6.07, 6.45) is 7.25. The number of fused-ring (bicyclic) bond motifs is 3. The van der Waals surface area contributed by atoms with Crippen molar-refractivity contribution in [1.29, 1.82) is 0 Å². The monoisotopic (exact) mass is 1550 g/mol. The van der Waals surface area contributed by atoms with E-state index >= 15 is 9.59 Å². The number of ether oxygens (including phenoxy) is 1. The standard InChI is InChI=1S/C75H59ClF4N9O4S9/c1-5-86-63(100-66(69(86)90)72-83(4)54-31-47(93-75(78,79)80)23-26-56(54)97-72)35-61-85(38-43-17-11-7-12-18-43)40-59(96-61)49-33-53(49)89-65(102-68(71(89)92)74-82(3)51-25-22-46(77)30-58(51)99-74)36-62-87(39-44-19-13-8-14-20-44)55(41-95-62)48-32-52(48)88-64(34-60-84(27-28-94-60)37-42-15-9-6-10-16-42)101-67(70(88)91)73-81(2)50-24-21-45(76)29-57(50)98-73/h6-31,34-36,40-41,48-49,52-53H,5,32-33,37-39H2,1-4H3/q+3/b72-66+,73-67+,74-68+. The second kappa shape index (κ2) is 26.9. The fourth-order valence-corrected chi connectivity index (χ4v) is 24.5. The van der Waals surface area contributed by atoms with Crippen molar-refractivity contribution in [3.8, 4) is 5.75 Å². The summed E-state index contributed by atoms with van der Waals surface area (Å²) in [6, 6.07) is 45.3. The molecule has 0 amide bonds. The average Bonchev–Trinajstić information content (AvgIpc) is 1.57. The predicted octanol–water partition coefficient (Wildman–Crippen LogP) is 12.1. The first-order valence-corrected chi connectivity index (χ1v) is 40.5. The van der Waals surface area contributed by atoms with Crippen LogP contribution < -0.4 is 77.4 Å². The Labute approximate surface area is 622 Å². The van der Waals surface area contributed by atoms with Crippen molar-refractivity contribution in [1.82, 2.24) is 13.7 Å². The van der Waals surface area contributed by atoms with E-state index in [-0.39, 0.29) is 52.2 Å². The van der Waals surface area contributed by atoms with Crippen molar-refractivity contribution in [3.63, 3.8) is 0 Å². The Bertz CT molecular complexity index is 5980. The Balaban J connectivity index is 0.776. The van der Waals surface area contributed by atoms with Crippen LogP contribution in [0.1, 0.15) is 86.0 Å². The first kappa shape index (κ1) is 67.2. The van der Waals surface area contributed by atoms with E-state index in [4.69, 9.17) is 11.6 Å². The maximum atomic E-state index is 15.8. The number of anilines is 3. The fraction of sp³-hybridized carbons (Fsp3) is 0.200. The van der Waals surface area contributed by atoms with Gasteiger partial charge in [-0.25, -0.2) is 4.39 Å². The Morgan fingerprint density at radius 1 is 0.559 bits per heavy atom. The van der Waals surface area contributed by atoms with Gasteiger partial charge in [0, 0.05) is 82.1 Å². The summed E-state index contributed by atoms with van der Waals surface area (Å²) in [4.78, 5) is 55.2. The second-order valence-electron chi connectivity index (χ2n) is 25.3. The van der Waals surface area contributed by atoms with Crippen LogP contribution in [0.15, 0.2) is 198 Å². The van der Waals surface area contributed by atoms with Crippen LogP contribution in [0.25, 0.3) is 33.3 Å². The van der Waals surface area contributed by atoms with Gasteiger partial charge in [0.05, 0.1) is 62.9 Å². The lowest BCUT2D eigenvalue weighted by atomic mass is 10.2. The lowest BCUT2D eigenvalue weighted by Crippen LogP contribution is -2.40. The van der Waals surface area contributed by atoms with Gasteiger partial charge >= 0.3 is 6.36 Å². The normalized spacial score (nSPS) is 19.8. The van der Waals surface area contributed by atoms with Gasteiger partial charge in [0.25, 0.3) is 31.7 Å². The van der Waals surface area contributed by atoms with Gasteiger partial charge < -0.3 is 19.4 Å². The van der Waals surface area contributed by atoms with Crippen LogP contribution >= 0.6 is 115 Å². The second-order valence-corrected chi connectivity index (χ2v) is 34.8. The zero-order valence-corrected chi connectivity index (χ0v) is 62.8. The van der Waals surface area contributed by atoms with E-state index in [1.54, 1.807) is 74.4 Å². The molecule has 17 rings (SSSR count). The van der Waals surface area contributed by atoms with Gasteiger partial charge in [-0.1, -0.05) is 172 Å². The van der Waals surface area contributed by atoms with E-state index in [2.05, 4.69) is 113 Å². The Morgan fingerprint density at radius 2 is 1.10 bits per heavy atom. The fourth-order valence-electron chi connectivity index (χ4n) is 13.6. The zero-order valence-electron chi connectivity index (χ0n) is 54.7. The third-order valence-corrected chi connectivity index (χ3v) is 29.4. The molecule has 12 aromatic rings. The number of hydrogen-bond donors (Lipinski definition) is 0. The van der Waals surface area contributed by atoms with Crippen molar-refractivity contribution in [2.24, 2.45) is 0 Å². The van der Waals surface area contributed by atoms with Crippen molar-refractivity contribution >= 4 is 165 Å². The summed E-state index contributed by atoms with van der Waals surface area (Å²) in [5, 5.41) is 10.0. The van der Waals surface area contributed by atoms with E-state index in [9.17, 15) is 22.4 Å². The molecule has 0 bridgehead atoms. The van der Waals surface area contributed by atoms with E-state index in [1.165, 1.54) is 87.4 Å². The highest BCUT2D eigenvalue weighted by atomic mass is 35.5. The molecule has 2 fully saturated rings. The first-order chi connectivity index (χ1) is 49.4. The summed E-state index contributed by atoms with van der Waals surface area (Å²) in [5.41, 5.74) is 6.40. The summed E-state index contributed by atoms with van der Waals surface area (Å²) in [7, 11) is 5.68. The smallest absolute Gasteiger partial charge is 0.406 e. The van der Waals surface area contributed by atoms with E-state index in [0.29, 0.717) is 71.5 Å². The number of rotatable bonds is 15. The number of halogens is 5. The lowest BCUT2D eigenvalue weighted by Gasteiger charge is -2.14. The highest BCUT2D eigenvalue weighted by molar-refractivity contribution is 8.09. The van der Waals surface area contributed by atoms with Crippen LogP contribution in [0.4, 0.5) is 34.6 Å². The van der Waals surface area contributed by atoms with Crippen LogP contribution in [0.3, 0.4) is 0 Å². The minimum atomic E-state index is -4.86. The molecule has 27 heteroatoms. The first-order valence-electron chi connectivity index (χ1n) is 32.7. The number of alkyl halides is 3. The number of thioether (sulfide) groups is 3. The van der Waals surface area contributed by atoms with Gasteiger partial charge in [-0.15, -0.1) is 47.2 Å². The van der Waals surface area contributed by atoms with Gasteiger partial charge in [-0.2, -0.15) is 13.7 Å². The van der Waals surface area contributed by atoms with Gasteiger partial charge in [-0.3, -0.25) is 28.1 Å². The summed E-state index contributed by atoms with van der Waals surface area (Å²) < 4.78 is 75.9. The van der Waals surface area contributed by atoms with Crippen molar-refractivity contribution < 1.29 is 36.0 Å². The maximum Gasteiger partial charge on any atom is 0.573 e. The predicted molar refractivity (Wildman–Crippen MR) is 407 cm³/mol. The van der Waals surface area contributed by atoms with Gasteiger partial charge in [0.2, 0.25) is 0 Å². The molecule has 4 atom stereocenters. The van der Waals surface area contributed by atoms with Crippen LogP contribution in [0.5, 0.6) is 5.75 Å². The lowest BCUT2D eigenvalue weighted by molar-refractivity contribution is -0.692. The minimum Gasteiger partial charge on any atom is -0.406 e. The van der Waals surface area contributed by atoms with Crippen LogP contribution in [0, 0.1) is 5.82 Å². The molecule has 0 N–H and O–H groups in total. The molecule has 102 heavy (non-hydrogen) atoms. The van der Waals surface area contributed by atoms with Crippen molar-refractivity contribution in [3.05, 3.63) is 281 Å². The number of aromatic nitrogens is 6. The number of thiazole rings is 6. The van der Waals surface area contributed by atoms with Gasteiger partial charge in [0.15, 0.2) is 37.7 Å². The molecule has 2 saturated carbocycles. The third kappa shape index (κ3) is 12.7. The van der Waals surface area contributed by atoms with Gasteiger partial charge in [0.1, 0.15) is 54.2 Å². The summed E-state index contributed by atoms with van der Waals surface area (Å²) in [6.45, 7) is 4.04. The number of hydrogen-bond acceptors (Lipinski definition) is 16. The Kier molecular flexibility index (Phi) is 17.7. The molecule has 2 aliphatic carbocycles. The molecule has 6 aromatic heterocycles. The van der Waals surface area contributed by atoms with Crippen LogP contribution in [-0.2, 0) is 26.2 Å². The SMILES string of the molecule is CCn1c(=O)/c(=C2\Sc3ccc(OC(F)(F)F)cc3N2C)s/c1=C\c1sc(C2CC2n2c(=O)/c(=C3\Sc4cc(F)ccc4N3C)s/c2=C\c2scc(C3CC3n3c(=O)/c(=C4\Sc5cc(Cl)ccc5N4C)s/c3=C\c3scc[n+]3Cc3ccccc3)[n+]2Cc2ccccc2)c[n+]1Cc1ccccc1. The highest BCUT2D eigenvalue weighted by Crippen LogP contribution is 2.54. The quantitative estimate of drug-likeness (QED) is 0.0729. The van der Waals surface area contributed by atoms with Crippen LogP contribution in [-0.4, -0.2) is 41.2 Å². The number of benzene rings is 6. The van der Waals surface area contributed by atoms with Crippen molar-refractivity contribution in [2.45, 2.75) is 90.9 Å². The topological polar surface area (TPSA) is 96.6 Å². The molecule has 13 nitrogen and oxygen atoms in total. The molecule has 0 saturated heterocycles. The Hall–Kier alpha value is -8.02. The molecule has 0 radical (unpaired) electrons. The largest absolute Gasteiger partial charge is 0.573 e. The maximum absolute atomic E-state index is 15.8. The van der Waals surface area contributed by atoms with Crippen molar-refractivity contribution in [2.75, 3.05) is 35.8 Å². The summed E-state index contributed by atoms with van der Waals surface area (Å²) in [5.74, 6) is -0.790.